The Hall–Kier alpha value is -0.160. The highest BCUT2D eigenvalue weighted by Crippen LogP contribution is 2.03. The number of hydrogen-bond acceptors (Lipinski definition) is 4. The van der Waals surface area contributed by atoms with Gasteiger partial charge in [-0.1, -0.05) is 6.92 Å². The summed E-state index contributed by atoms with van der Waals surface area (Å²) in [4.78, 5) is 1.76. The van der Waals surface area contributed by atoms with E-state index in [4.69, 9.17) is 0 Å². The van der Waals surface area contributed by atoms with Crippen LogP contribution in [0.2, 0.25) is 0 Å². The Bertz CT molecular complexity index is 141. The van der Waals surface area contributed by atoms with Crippen molar-refractivity contribution in [2.24, 2.45) is 0 Å². The van der Waals surface area contributed by atoms with E-state index in [9.17, 15) is 5.11 Å². The average Bonchev–Trinajstić information content (AvgIpc) is 2.16. The molecule has 0 heterocycles. The first kappa shape index (κ1) is 13.8. The predicted octanol–water partition coefficient (Wildman–Crippen LogP) is 0.190. The molecule has 3 N–H and O–H groups in total. The van der Waals surface area contributed by atoms with Crippen LogP contribution in [-0.2, 0) is 0 Å². The highest BCUT2D eigenvalue weighted by atomic mass is 16.3. The second kappa shape index (κ2) is 7.17. The van der Waals surface area contributed by atoms with E-state index in [1.165, 1.54) is 0 Å². The standard InChI is InChI=1S/C10H25N3O/c1-6-9(7-8(2)11-3)12-10(14)13(4)5/h8-12,14H,6-7H2,1-5H3. The fraction of sp³-hybridized carbons (Fsp3) is 1.00. The molecule has 0 aliphatic carbocycles. The summed E-state index contributed by atoms with van der Waals surface area (Å²) >= 11 is 0. The van der Waals surface area contributed by atoms with Crippen LogP contribution >= 0.6 is 0 Å². The number of rotatable bonds is 7. The van der Waals surface area contributed by atoms with Crippen LogP contribution in [0.5, 0.6) is 0 Å². The molecule has 0 aromatic heterocycles. The Labute approximate surface area is 87.7 Å². The van der Waals surface area contributed by atoms with E-state index in [-0.39, 0.29) is 0 Å². The van der Waals surface area contributed by atoms with Crippen LogP contribution in [0, 0.1) is 0 Å². The normalized spacial score (nSPS) is 18.2. The SMILES string of the molecule is CCC(CC(C)NC)NC(O)N(C)C. The van der Waals surface area contributed by atoms with E-state index < -0.39 is 6.35 Å². The zero-order valence-corrected chi connectivity index (χ0v) is 10.0. The van der Waals surface area contributed by atoms with Gasteiger partial charge >= 0.3 is 0 Å². The van der Waals surface area contributed by atoms with Gasteiger partial charge in [-0.2, -0.15) is 0 Å². The third-order valence-corrected chi connectivity index (χ3v) is 2.50. The second-order valence-electron chi connectivity index (χ2n) is 4.03. The molecule has 0 amide bonds. The summed E-state index contributed by atoms with van der Waals surface area (Å²) in [6.07, 6.45) is 1.50. The van der Waals surface area contributed by atoms with Crippen molar-refractivity contribution < 1.29 is 5.11 Å². The minimum absolute atomic E-state index is 0.356. The van der Waals surface area contributed by atoms with Crippen LogP contribution in [0.3, 0.4) is 0 Å². The van der Waals surface area contributed by atoms with Gasteiger partial charge in [-0.05, 0) is 40.9 Å². The van der Waals surface area contributed by atoms with E-state index in [1.807, 2.05) is 21.1 Å². The van der Waals surface area contributed by atoms with E-state index in [0.29, 0.717) is 12.1 Å². The van der Waals surface area contributed by atoms with Gasteiger partial charge in [-0.3, -0.25) is 10.2 Å². The highest BCUT2D eigenvalue weighted by molar-refractivity contribution is 4.71. The minimum Gasteiger partial charge on any atom is -0.365 e. The van der Waals surface area contributed by atoms with Crippen molar-refractivity contribution in [3.63, 3.8) is 0 Å². The van der Waals surface area contributed by atoms with Gasteiger partial charge < -0.3 is 10.4 Å². The van der Waals surface area contributed by atoms with Gasteiger partial charge in [0.2, 0.25) is 0 Å². The Morgan fingerprint density at radius 1 is 1.36 bits per heavy atom. The summed E-state index contributed by atoms with van der Waals surface area (Å²) < 4.78 is 0. The van der Waals surface area contributed by atoms with Crippen LogP contribution in [-0.4, -0.2) is 49.6 Å². The van der Waals surface area contributed by atoms with Gasteiger partial charge in [0.1, 0.15) is 0 Å². The molecule has 0 rings (SSSR count). The molecule has 0 aliphatic rings. The topological polar surface area (TPSA) is 47.5 Å². The second-order valence-corrected chi connectivity index (χ2v) is 4.03. The summed E-state index contributed by atoms with van der Waals surface area (Å²) in [5.74, 6) is 0. The van der Waals surface area contributed by atoms with E-state index >= 15 is 0 Å². The average molecular weight is 203 g/mol. The van der Waals surface area contributed by atoms with Crippen molar-refractivity contribution in [2.75, 3.05) is 21.1 Å². The molecular weight excluding hydrogens is 178 g/mol. The molecule has 4 nitrogen and oxygen atoms in total. The van der Waals surface area contributed by atoms with E-state index in [0.717, 1.165) is 12.8 Å². The molecule has 3 unspecified atom stereocenters. The first-order valence-electron chi connectivity index (χ1n) is 5.29. The zero-order valence-electron chi connectivity index (χ0n) is 10.0. The van der Waals surface area contributed by atoms with Gasteiger partial charge in [-0.15, -0.1) is 0 Å². The smallest absolute Gasteiger partial charge is 0.162 e. The molecule has 0 aromatic rings. The summed E-state index contributed by atoms with van der Waals surface area (Å²) in [5, 5.41) is 16.0. The maximum Gasteiger partial charge on any atom is 0.162 e. The van der Waals surface area contributed by atoms with Crippen LogP contribution in [0.25, 0.3) is 0 Å². The van der Waals surface area contributed by atoms with Crippen molar-refractivity contribution in [2.45, 2.75) is 45.1 Å². The monoisotopic (exact) mass is 203 g/mol. The zero-order chi connectivity index (χ0) is 11.1. The van der Waals surface area contributed by atoms with Gasteiger partial charge in [0, 0.05) is 12.1 Å². The lowest BCUT2D eigenvalue weighted by atomic mass is 10.1. The maximum absolute atomic E-state index is 9.61. The molecule has 86 valence electrons. The Balaban J connectivity index is 3.89. The van der Waals surface area contributed by atoms with Crippen LogP contribution in [0.15, 0.2) is 0 Å². The first-order valence-corrected chi connectivity index (χ1v) is 5.29. The number of nitrogens with one attached hydrogen (secondary N) is 2. The summed E-state index contributed by atoms with van der Waals surface area (Å²) in [5.41, 5.74) is 0. The molecule has 0 saturated heterocycles. The maximum atomic E-state index is 9.61. The Kier molecular flexibility index (Phi) is 7.09. The molecule has 0 saturated carbocycles. The third-order valence-electron chi connectivity index (χ3n) is 2.50. The van der Waals surface area contributed by atoms with Crippen molar-refractivity contribution in [1.29, 1.82) is 0 Å². The molecule has 4 heteroatoms. The summed E-state index contributed by atoms with van der Waals surface area (Å²) in [6.45, 7) is 4.27. The van der Waals surface area contributed by atoms with Gasteiger partial charge in [-0.25, -0.2) is 0 Å². The van der Waals surface area contributed by atoms with Gasteiger partial charge in [0.15, 0.2) is 6.35 Å². The lowest BCUT2D eigenvalue weighted by Crippen LogP contribution is -2.48. The quantitative estimate of drug-likeness (QED) is 0.517. The number of hydrogen-bond donors (Lipinski definition) is 3. The lowest BCUT2D eigenvalue weighted by molar-refractivity contribution is -0.000749. The van der Waals surface area contributed by atoms with Crippen LogP contribution in [0.4, 0.5) is 0 Å². The molecule has 0 aliphatic heterocycles. The van der Waals surface area contributed by atoms with Crippen molar-refractivity contribution in [1.82, 2.24) is 15.5 Å². The van der Waals surface area contributed by atoms with Crippen LogP contribution < -0.4 is 10.6 Å². The summed E-state index contributed by atoms with van der Waals surface area (Å²) in [7, 11) is 5.66. The molecular formula is C10H25N3O. The lowest BCUT2D eigenvalue weighted by Gasteiger charge is -2.27. The van der Waals surface area contributed by atoms with Crippen molar-refractivity contribution >= 4 is 0 Å². The Morgan fingerprint density at radius 2 is 1.93 bits per heavy atom. The first-order chi connectivity index (χ1) is 6.51. The Morgan fingerprint density at radius 3 is 2.29 bits per heavy atom. The van der Waals surface area contributed by atoms with Gasteiger partial charge in [0.25, 0.3) is 0 Å². The highest BCUT2D eigenvalue weighted by Gasteiger charge is 2.14. The molecule has 3 atom stereocenters. The number of aliphatic hydroxyl groups excluding tert-OH is 1. The van der Waals surface area contributed by atoms with Crippen molar-refractivity contribution in [3.8, 4) is 0 Å². The molecule has 0 spiro atoms. The molecule has 0 radical (unpaired) electrons. The van der Waals surface area contributed by atoms with E-state index in [2.05, 4.69) is 24.5 Å². The van der Waals surface area contributed by atoms with Crippen molar-refractivity contribution in [3.05, 3.63) is 0 Å². The molecule has 14 heavy (non-hydrogen) atoms. The molecule has 0 bridgehead atoms. The van der Waals surface area contributed by atoms with Gasteiger partial charge in [0.05, 0.1) is 0 Å². The predicted molar refractivity (Wildman–Crippen MR) is 60.0 cm³/mol. The minimum atomic E-state index is -0.552. The number of nitrogens with zero attached hydrogens (tertiary/aromatic N) is 1. The largest absolute Gasteiger partial charge is 0.365 e. The fourth-order valence-corrected chi connectivity index (χ4v) is 1.26. The third kappa shape index (κ3) is 5.54. The molecule has 0 fully saturated rings. The summed E-state index contributed by atoms with van der Waals surface area (Å²) in [6, 6.07) is 0.830. The van der Waals surface area contributed by atoms with Crippen LogP contribution in [0.1, 0.15) is 26.7 Å². The molecule has 0 aromatic carbocycles. The fourth-order valence-electron chi connectivity index (χ4n) is 1.26. The van der Waals surface area contributed by atoms with E-state index in [1.54, 1.807) is 4.90 Å². The number of aliphatic hydroxyl groups is 1.